The Hall–Kier alpha value is -2.64. The second-order valence-electron chi connectivity index (χ2n) is 7.64. The van der Waals surface area contributed by atoms with E-state index in [9.17, 15) is 24.0 Å². The first kappa shape index (κ1) is 25.6. The normalized spacial score (nSPS) is 24.6. The quantitative estimate of drug-likeness (QED) is 0.131. The average Bonchev–Trinajstić information content (AvgIpc) is 3.20. The van der Waals surface area contributed by atoms with Crippen molar-refractivity contribution in [2.45, 2.75) is 36.9 Å². The Kier molecular flexibility index (Phi) is 9.47. The van der Waals surface area contributed by atoms with Crippen molar-refractivity contribution < 1.29 is 28.8 Å². The number of carbonyl (C=O) groups is 5. The van der Waals surface area contributed by atoms with Gasteiger partial charge in [-0.3, -0.25) is 19.2 Å². The molecule has 2 fully saturated rings. The molecule has 32 heavy (non-hydrogen) atoms. The second-order valence-corrected chi connectivity index (χ2v) is 8.55. The molecule has 13 heteroatoms. The van der Waals surface area contributed by atoms with Crippen LogP contribution in [0, 0.1) is 5.92 Å². The maximum absolute atomic E-state index is 13.1. The molecule has 7 N–H and O–H groups in total. The molecule has 0 radical (unpaired) electrons. The van der Waals surface area contributed by atoms with E-state index < -0.39 is 48.4 Å². The highest BCUT2D eigenvalue weighted by molar-refractivity contribution is 7.98. The van der Waals surface area contributed by atoms with Gasteiger partial charge in [0.25, 0.3) is 0 Å². The van der Waals surface area contributed by atoms with Crippen LogP contribution in [0.25, 0.3) is 0 Å². The Morgan fingerprint density at radius 1 is 1.28 bits per heavy atom. The van der Waals surface area contributed by atoms with Crippen LogP contribution in [-0.4, -0.2) is 78.9 Å². The highest BCUT2D eigenvalue weighted by Gasteiger charge is 2.61. The summed E-state index contributed by atoms with van der Waals surface area (Å²) in [4.78, 5) is 64.6. The maximum atomic E-state index is 13.1. The standard InChI is InChI=1S/C19H30N6O6S/c1-3-12(16(28)23-8-14(26)22-9-15(27)31-20)24-18(30)19(7-11(19)10-32-2)25-17(29)13-5-4-6-21-13/h3,11-13,21H,1,4-10,20H2,2H3,(H,22,26)(H,23,28)(H,24,30)(H,25,29)/t11?,12-,13-,19?/m0/s1. The third-order valence-electron chi connectivity index (χ3n) is 5.39. The van der Waals surface area contributed by atoms with Crippen molar-refractivity contribution in [1.29, 1.82) is 0 Å². The molecule has 0 aromatic heterocycles. The summed E-state index contributed by atoms with van der Waals surface area (Å²) >= 11 is 1.57. The first-order valence-electron chi connectivity index (χ1n) is 10.2. The van der Waals surface area contributed by atoms with Crippen LogP contribution in [0.1, 0.15) is 19.3 Å². The number of nitrogens with two attached hydrogens (primary N) is 1. The van der Waals surface area contributed by atoms with E-state index in [1.54, 1.807) is 11.8 Å². The number of rotatable bonds is 12. The van der Waals surface area contributed by atoms with Crippen LogP contribution in [0.4, 0.5) is 0 Å². The van der Waals surface area contributed by atoms with E-state index in [4.69, 9.17) is 0 Å². The summed E-state index contributed by atoms with van der Waals surface area (Å²) in [6.07, 6.45) is 5.23. The summed E-state index contributed by atoms with van der Waals surface area (Å²) in [5.41, 5.74) is -1.08. The van der Waals surface area contributed by atoms with Gasteiger partial charge in [0.1, 0.15) is 18.1 Å². The van der Waals surface area contributed by atoms with Gasteiger partial charge in [0, 0.05) is 5.92 Å². The molecule has 1 aliphatic carbocycles. The predicted molar refractivity (Wildman–Crippen MR) is 117 cm³/mol. The van der Waals surface area contributed by atoms with Gasteiger partial charge >= 0.3 is 5.97 Å². The highest BCUT2D eigenvalue weighted by atomic mass is 32.2. The fourth-order valence-corrected chi connectivity index (χ4v) is 4.29. The van der Waals surface area contributed by atoms with E-state index in [0.717, 1.165) is 13.0 Å². The first-order valence-corrected chi connectivity index (χ1v) is 11.6. The number of hydrogen-bond acceptors (Lipinski definition) is 9. The Morgan fingerprint density at radius 2 is 2.03 bits per heavy atom. The van der Waals surface area contributed by atoms with Gasteiger partial charge < -0.3 is 31.4 Å². The molecule has 2 aliphatic rings. The Bertz CT molecular complexity index is 759. The fourth-order valence-electron chi connectivity index (χ4n) is 3.49. The van der Waals surface area contributed by atoms with Gasteiger partial charge in [0.15, 0.2) is 0 Å². The monoisotopic (exact) mass is 470 g/mol. The molecule has 178 valence electrons. The molecule has 0 aromatic carbocycles. The van der Waals surface area contributed by atoms with E-state index in [2.05, 4.69) is 43.9 Å². The molecule has 4 atom stereocenters. The minimum Gasteiger partial charge on any atom is -0.372 e. The van der Waals surface area contributed by atoms with E-state index >= 15 is 0 Å². The first-order chi connectivity index (χ1) is 15.3. The van der Waals surface area contributed by atoms with E-state index in [1.165, 1.54) is 6.08 Å². The summed E-state index contributed by atoms with van der Waals surface area (Å²) in [6.45, 7) is 3.45. The van der Waals surface area contributed by atoms with Crippen LogP contribution in [0.5, 0.6) is 0 Å². The molecular formula is C19H30N6O6S. The van der Waals surface area contributed by atoms with Gasteiger partial charge in [0.2, 0.25) is 23.6 Å². The molecule has 2 rings (SSSR count). The molecule has 0 aromatic rings. The summed E-state index contributed by atoms with van der Waals surface area (Å²) in [5.74, 6) is 2.45. The third-order valence-corrected chi connectivity index (χ3v) is 6.13. The smallest absolute Gasteiger partial charge is 0.343 e. The summed E-state index contributed by atoms with van der Waals surface area (Å²) in [5, 5.41) is 13.2. The number of amides is 4. The fraction of sp³-hybridized carbons (Fsp3) is 0.632. The minimum atomic E-state index is -1.11. The number of nitrogens with one attached hydrogen (secondary N) is 5. The van der Waals surface area contributed by atoms with Crippen molar-refractivity contribution in [2.24, 2.45) is 11.8 Å². The zero-order chi connectivity index (χ0) is 23.7. The van der Waals surface area contributed by atoms with Crippen LogP contribution < -0.4 is 32.5 Å². The Balaban J connectivity index is 1.92. The van der Waals surface area contributed by atoms with Gasteiger partial charge in [-0.05, 0) is 37.8 Å². The van der Waals surface area contributed by atoms with Crippen LogP contribution in [0.15, 0.2) is 12.7 Å². The lowest BCUT2D eigenvalue weighted by atomic mass is 10.1. The van der Waals surface area contributed by atoms with E-state index in [1.807, 2.05) is 6.26 Å². The SMILES string of the molecule is C=C[C@H](NC(=O)C1(NC(=O)[C@@H]2CCCN2)CC1CSC)C(=O)NCC(=O)NCC(=O)ON. The molecule has 1 saturated carbocycles. The molecule has 12 nitrogen and oxygen atoms in total. The van der Waals surface area contributed by atoms with Gasteiger partial charge in [0.05, 0.1) is 12.6 Å². The van der Waals surface area contributed by atoms with Crippen LogP contribution in [0.3, 0.4) is 0 Å². The highest BCUT2D eigenvalue weighted by Crippen LogP contribution is 2.45. The Labute approximate surface area is 190 Å². The van der Waals surface area contributed by atoms with Gasteiger partial charge in [-0.1, -0.05) is 6.08 Å². The van der Waals surface area contributed by atoms with Crippen LogP contribution in [0.2, 0.25) is 0 Å². The molecule has 1 saturated heterocycles. The Morgan fingerprint density at radius 3 is 2.62 bits per heavy atom. The number of carbonyl (C=O) groups excluding carboxylic acids is 5. The lowest BCUT2D eigenvalue weighted by molar-refractivity contribution is -0.144. The predicted octanol–water partition coefficient (Wildman–Crippen LogP) is -2.70. The topological polar surface area (TPSA) is 181 Å². The molecule has 1 aliphatic heterocycles. The van der Waals surface area contributed by atoms with Crippen molar-refractivity contribution in [3.8, 4) is 0 Å². The molecule has 2 unspecified atom stereocenters. The third kappa shape index (κ3) is 6.68. The molecule has 0 bridgehead atoms. The molecule has 1 heterocycles. The molecule has 4 amide bonds. The molecular weight excluding hydrogens is 440 g/mol. The molecule has 0 spiro atoms. The lowest BCUT2D eigenvalue weighted by Gasteiger charge is -2.24. The zero-order valence-electron chi connectivity index (χ0n) is 17.9. The average molecular weight is 471 g/mol. The van der Waals surface area contributed by atoms with Crippen molar-refractivity contribution in [1.82, 2.24) is 26.6 Å². The zero-order valence-corrected chi connectivity index (χ0v) is 18.7. The summed E-state index contributed by atoms with van der Waals surface area (Å²) < 4.78 is 0. The maximum Gasteiger partial charge on any atom is 0.343 e. The van der Waals surface area contributed by atoms with Crippen molar-refractivity contribution in [3.05, 3.63) is 12.7 Å². The summed E-state index contributed by atoms with van der Waals surface area (Å²) in [7, 11) is 0. The van der Waals surface area contributed by atoms with Gasteiger partial charge in [-0.15, -0.1) is 6.58 Å². The van der Waals surface area contributed by atoms with Gasteiger partial charge in [-0.25, -0.2) is 4.79 Å². The van der Waals surface area contributed by atoms with E-state index in [0.29, 0.717) is 18.6 Å². The van der Waals surface area contributed by atoms with Gasteiger partial charge in [-0.2, -0.15) is 17.7 Å². The second kappa shape index (κ2) is 11.8. The number of thioether (sulfide) groups is 1. The summed E-state index contributed by atoms with van der Waals surface area (Å²) in [6, 6.07) is -1.44. The van der Waals surface area contributed by atoms with Crippen LogP contribution in [-0.2, 0) is 28.8 Å². The number of hydrogen-bond donors (Lipinski definition) is 6. The van der Waals surface area contributed by atoms with E-state index in [-0.39, 0.29) is 17.9 Å². The largest absolute Gasteiger partial charge is 0.372 e. The lowest BCUT2D eigenvalue weighted by Crippen LogP contribution is -2.58. The van der Waals surface area contributed by atoms with Crippen LogP contribution >= 0.6 is 11.8 Å². The minimum absolute atomic E-state index is 0.0514. The van der Waals surface area contributed by atoms with Crippen molar-refractivity contribution in [2.75, 3.05) is 31.6 Å². The van der Waals surface area contributed by atoms with Crippen molar-refractivity contribution in [3.63, 3.8) is 0 Å². The van der Waals surface area contributed by atoms with Crippen molar-refractivity contribution >= 4 is 41.4 Å².